The van der Waals surface area contributed by atoms with Crippen LogP contribution in [0.4, 0.5) is 5.69 Å². The molecule has 0 bridgehead atoms. The topological polar surface area (TPSA) is 75.4 Å². The summed E-state index contributed by atoms with van der Waals surface area (Å²) in [7, 11) is 0. The Kier molecular flexibility index (Phi) is 5.79. The molecule has 2 aromatic heterocycles. The second-order valence-corrected chi connectivity index (χ2v) is 11.3. The van der Waals surface area contributed by atoms with Gasteiger partial charge in [-0.1, -0.05) is 48.0 Å². The van der Waals surface area contributed by atoms with Crippen molar-refractivity contribution in [1.82, 2.24) is 4.98 Å². The van der Waals surface area contributed by atoms with E-state index in [1.54, 1.807) is 24.5 Å². The Morgan fingerprint density at radius 1 is 0.875 bits per heavy atom. The average molecular weight is 547 g/mol. The first-order valence-electron chi connectivity index (χ1n) is 13.5. The molecule has 0 saturated heterocycles. The van der Waals surface area contributed by atoms with Crippen molar-refractivity contribution in [1.29, 1.82) is 0 Å². The molecule has 0 radical (unpaired) electrons. The number of carboxylic acids is 1. The Morgan fingerprint density at radius 2 is 1.68 bits per heavy atom. The summed E-state index contributed by atoms with van der Waals surface area (Å²) in [6.07, 6.45) is 8.11. The molecular formula is C34H27ClN2O3. The third-order valence-corrected chi connectivity index (χ3v) is 8.90. The van der Waals surface area contributed by atoms with Crippen LogP contribution in [0, 0.1) is 0 Å². The number of carboxylic acid groups (broad SMARTS) is 1. The molecule has 2 aliphatic carbocycles. The van der Waals surface area contributed by atoms with Gasteiger partial charge in [0.1, 0.15) is 16.9 Å². The number of hydrogen-bond acceptors (Lipinski definition) is 4. The maximum atomic E-state index is 12.7. The molecule has 5 nitrogen and oxygen atoms in total. The van der Waals surface area contributed by atoms with E-state index >= 15 is 0 Å². The summed E-state index contributed by atoms with van der Waals surface area (Å²) >= 11 is 6.20. The summed E-state index contributed by atoms with van der Waals surface area (Å²) in [5, 5.41) is 15.4. The molecule has 7 rings (SSSR count). The van der Waals surface area contributed by atoms with Gasteiger partial charge in [0.2, 0.25) is 0 Å². The number of nitrogens with one attached hydrogen (secondary N) is 1. The number of benzene rings is 3. The zero-order valence-electron chi connectivity index (χ0n) is 21.7. The molecule has 40 heavy (non-hydrogen) atoms. The maximum absolute atomic E-state index is 12.7. The average Bonchev–Trinajstić information content (AvgIpc) is 3.54. The summed E-state index contributed by atoms with van der Waals surface area (Å²) in [5.74, 6) is -0.00443. The molecule has 0 atom stereocenters. The molecule has 2 aliphatic rings. The number of aromatic nitrogens is 1. The number of furan rings is 1. The molecule has 2 heterocycles. The minimum atomic E-state index is -1.08. The van der Waals surface area contributed by atoms with Crippen molar-refractivity contribution >= 4 is 45.9 Å². The van der Waals surface area contributed by atoms with Crippen molar-refractivity contribution in [3.63, 3.8) is 0 Å². The third kappa shape index (κ3) is 4.00. The number of nitrogens with zero attached hydrogens (tertiary/aromatic N) is 1. The van der Waals surface area contributed by atoms with E-state index < -0.39 is 11.5 Å². The lowest BCUT2D eigenvalue weighted by atomic mass is 9.62. The number of pyridine rings is 1. The lowest BCUT2D eigenvalue weighted by Gasteiger charge is -2.45. The normalized spacial score (nSPS) is 21.8. The molecule has 0 unspecified atom stereocenters. The first kappa shape index (κ1) is 24.7. The van der Waals surface area contributed by atoms with E-state index in [2.05, 4.69) is 58.8 Å². The van der Waals surface area contributed by atoms with Gasteiger partial charge in [-0.3, -0.25) is 4.98 Å². The van der Waals surface area contributed by atoms with Crippen molar-refractivity contribution in [2.45, 2.75) is 36.6 Å². The minimum Gasteiger partial charge on any atom is -0.480 e. The van der Waals surface area contributed by atoms with Crippen molar-refractivity contribution in [2.24, 2.45) is 0 Å². The number of allylic oxidation sites excluding steroid dienone is 1. The van der Waals surface area contributed by atoms with Gasteiger partial charge in [0, 0.05) is 39.5 Å². The summed E-state index contributed by atoms with van der Waals surface area (Å²) < 4.78 is 6.48. The summed E-state index contributed by atoms with van der Waals surface area (Å²) in [6, 6.07) is 28.1. The van der Waals surface area contributed by atoms with E-state index in [1.165, 1.54) is 11.1 Å². The number of rotatable bonds is 5. The van der Waals surface area contributed by atoms with Gasteiger partial charge in [-0.15, -0.1) is 0 Å². The van der Waals surface area contributed by atoms with Gasteiger partial charge >= 0.3 is 5.97 Å². The fraction of sp³-hybridized carbons (Fsp3) is 0.176. The summed E-state index contributed by atoms with van der Waals surface area (Å²) in [6.45, 7) is 0. The van der Waals surface area contributed by atoms with Gasteiger partial charge in [-0.25, -0.2) is 4.79 Å². The van der Waals surface area contributed by atoms with E-state index in [-0.39, 0.29) is 5.41 Å². The van der Waals surface area contributed by atoms with Crippen molar-refractivity contribution < 1.29 is 14.3 Å². The van der Waals surface area contributed by atoms with Crippen LogP contribution in [0.25, 0.3) is 33.7 Å². The van der Waals surface area contributed by atoms with Crippen LogP contribution in [0.3, 0.4) is 0 Å². The molecule has 1 fully saturated rings. The van der Waals surface area contributed by atoms with Crippen LogP contribution < -0.4 is 5.32 Å². The maximum Gasteiger partial charge on any atom is 0.329 e. The number of aliphatic carboxylic acids is 1. The predicted molar refractivity (Wildman–Crippen MR) is 159 cm³/mol. The highest BCUT2D eigenvalue weighted by molar-refractivity contribution is 6.30. The highest BCUT2D eigenvalue weighted by atomic mass is 35.5. The molecule has 0 amide bonds. The van der Waals surface area contributed by atoms with Crippen LogP contribution in [0.5, 0.6) is 0 Å². The molecule has 2 N–H and O–H groups in total. The number of carbonyl (C=O) groups is 1. The fourth-order valence-corrected chi connectivity index (χ4v) is 6.77. The van der Waals surface area contributed by atoms with Crippen LogP contribution in [0.2, 0.25) is 5.02 Å². The lowest BCUT2D eigenvalue weighted by Crippen LogP contribution is -2.52. The first-order chi connectivity index (χ1) is 19.5. The van der Waals surface area contributed by atoms with Crippen molar-refractivity contribution in [3.8, 4) is 11.1 Å². The molecule has 3 aromatic carbocycles. The number of anilines is 1. The van der Waals surface area contributed by atoms with Crippen LogP contribution in [-0.2, 0) is 10.2 Å². The quantitative estimate of drug-likeness (QED) is 0.231. The van der Waals surface area contributed by atoms with Crippen LogP contribution >= 0.6 is 11.6 Å². The molecule has 5 aromatic rings. The van der Waals surface area contributed by atoms with Gasteiger partial charge in [0.25, 0.3) is 0 Å². The highest BCUT2D eigenvalue weighted by Gasteiger charge is 2.52. The molecular weight excluding hydrogens is 520 g/mol. The number of hydrogen-bond donors (Lipinski definition) is 2. The SMILES string of the molecule is O=C(O)C1(Nc2cccc(Cl)c2)CCC2(CC1)C(c1cc3cc(-c4ccncc4)ccc3o1)=Cc1ccccc12. The Labute approximate surface area is 237 Å². The van der Waals surface area contributed by atoms with Gasteiger partial charge < -0.3 is 14.8 Å². The molecule has 0 aliphatic heterocycles. The largest absolute Gasteiger partial charge is 0.480 e. The van der Waals surface area contributed by atoms with Crippen molar-refractivity contribution in [3.05, 3.63) is 119 Å². The minimum absolute atomic E-state index is 0.326. The van der Waals surface area contributed by atoms with Crippen molar-refractivity contribution in [2.75, 3.05) is 5.32 Å². The standard InChI is InChI=1S/C34H27ClN2O3/c35-26-5-3-6-27(21-26)37-34(32(38)39)14-12-33(13-15-34)28-7-2-1-4-24(28)19-29(33)31-20-25-18-23(8-9-30(25)40-31)22-10-16-36-17-11-22/h1-11,16-21,37H,12-15H2,(H,38,39). The van der Waals surface area contributed by atoms with Gasteiger partial charge in [0.15, 0.2) is 0 Å². The Morgan fingerprint density at radius 3 is 2.45 bits per heavy atom. The molecule has 1 saturated carbocycles. The second kappa shape index (κ2) is 9.39. The fourth-order valence-electron chi connectivity index (χ4n) is 6.58. The van der Waals surface area contributed by atoms with E-state index in [4.69, 9.17) is 16.0 Å². The number of halogens is 1. The Bertz CT molecular complexity index is 1780. The molecule has 1 spiro atoms. The lowest BCUT2D eigenvalue weighted by molar-refractivity contribution is -0.143. The van der Waals surface area contributed by atoms with E-state index in [1.807, 2.05) is 30.3 Å². The summed E-state index contributed by atoms with van der Waals surface area (Å²) in [4.78, 5) is 16.8. The number of fused-ring (bicyclic) bond motifs is 3. The van der Waals surface area contributed by atoms with E-state index in [0.29, 0.717) is 30.7 Å². The van der Waals surface area contributed by atoms with Gasteiger partial charge in [0.05, 0.1) is 0 Å². The first-order valence-corrected chi connectivity index (χ1v) is 13.9. The third-order valence-electron chi connectivity index (χ3n) is 8.66. The van der Waals surface area contributed by atoms with E-state index in [0.717, 1.165) is 39.1 Å². The van der Waals surface area contributed by atoms with Crippen LogP contribution in [-0.4, -0.2) is 21.6 Å². The van der Waals surface area contributed by atoms with E-state index in [9.17, 15) is 9.90 Å². The molecule has 6 heteroatoms. The smallest absolute Gasteiger partial charge is 0.329 e. The molecule has 198 valence electrons. The van der Waals surface area contributed by atoms with Gasteiger partial charge in [-0.2, -0.15) is 0 Å². The highest BCUT2D eigenvalue weighted by Crippen LogP contribution is 2.57. The van der Waals surface area contributed by atoms with Crippen LogP contribution in [0.15, 0.2) is 102 Å². The zero-order valence-corrected chi connectivity index (χ0v) is 22.5. The van der Waals surface area contributed by atoms with Gasteiger partial charge in [-0.05, 0) is 103 Å². The Hall–Kier alpha value is -4.35. The second-order valence-electron chi connectivity index (χ2n) is 10.8. The Balaban J connectivity index is 1.26. The monoisotopic (exact) mass is 546 g/mol. The van der Waals surface area contributed by atoms with Crippen LogP contribution in [0.1, 0.15) is 42.6 Å². The summed E-state index contributed by atoms with van der Waals surface area (Å²) in [5.41, 5.74) is 5.89. The zero-order chi connectivity index (χ0) is 27.3. The predicted octanol–water partition coefficient (Wildman–Crippen LogP) is 8.45.